The van der Waals surface area contributed by atoms with Crippen molar-refractivity contribution in [1.82, 2.24) is 9.88 Å². The Morgan fingerprint density at radius 2 is 2.09 bits per heavy atom. The van der Waals surface area contributed by atoms with Gasteiger partial charge in [-0.15, -0.1) is 0 Å². The van der Waals surface area contributed by atoms with Gasteiger partial charge in [-0.3, -0.25) is 4.79 Å². The summed E-state index contributed by atoms with van der Waals surface area (Å²) in [6.45, 7) is 4.26. The summed E-state index contributed by atoms with van der Waals surface area (Å²) in [6, 6.07) is 7.15. The summed E-state index contributed by atoms with van der Waals surface area (Å²) in [4.78, 5) is 23.3. The first-order valence-corrected chi connectivity index (χ1v) is 8.48. The zero-order valence-corrected chi connectivity index (χ0v) is 14.8. The maximum Gasteiger partial charge on any atom is 0.326 e. The molecule has 0 aliphatic rings. The number of carbonyl (C=O) groups excluding carboxylic acids is 1. The minimum atomic E-state index is -0.982. The van der Waals surface area contributed by atoms with Crippen molar-refractivity contribution in [2.75, 3.05) is 0 Å². The Hall–Kier alpha value is -1.82. The van der Waals surface area contributed by atoms with Gasteiger partial charge in [0.2, 0.25) is 5.91 Å². The van der Waals surface area contributed by atoms with E-state index in [9.17, 15) is 14.7 Å². The van der Waals surface area contributed by atoms with Crippen LogP contribution in [0.2, 0.25) is 0 Å². The Bertz CT molecular complexity index is 711. The molecule has 1 heterocycles. The van der Waals surface area contributed by atoms with E-state index in [1.807, 2.05) is 48.9 Å². The van der Waals surface area contributed by atoms with Gasteiger partial charge >= 0.3 is 5.97 Å². The van der Waals surface area contributed by atoms with E-state index in [1.54, 1.807) is 0 Å². The van der Waals surface area contributed by atoms with Gasteiger partial charge in [0.25, 0.3) is 0 Å². The van der Waals surface area contributed by atoms with Crippen molar-refractivity contribution in [3.05, 3.63) is 34.9 Å². The predicted octanol–water partition coefficient (Wildman–Crippen LogP) is 3.41. The van der Waals surface area contributed by atoms with Gasteiger partial charge in [0, 0.05) is 34.5 Å². The van der Waals surface area contributed by atoms with Gasteiger partial charge in [0.1, 0.15) is 6.04 Å². The highest BCUT2D eigenvalue weighted by atomic mass is 79.9. The van der Waals surface area contributed by atoms with E-state index < -0.39 is 12.0 Å². The number of hydrogen-bond donors (Lipinski definition) is 2. The molecule has 124 valence electrons. The van der Waals surface area contributed by atoms with Crippen LogP contribution in [0.4, 0.5) is 0 Å². The molecule has 2 N–H and O–H groups in total. The maximum atomic E-state index is 12.1. The number of benzene rings is 1. The Kier molecular flexibility index (Phi) is 5.82. The summed E-state index contributed by atoms with van der Waals surface area (Å²) in [5.41, 5.74) is 1.05. The van der Waals surface area contributed by atoms with Gasteiger partial charge in [0.05, 0.1) is 0 Å². The molecule has 1 aromatic carbocycles. The van der Waals surface area contributed by atoms with E-state index in [4.69, 9.17) is 0 Å². The lowest BCUT2D eigenvalue weighted by Gasteiger charge is -2.20. The summed E-state index contributed by atoms with van der Waals surface area (Å²) in [6.07, 6.45) is 2.89. The molecular formula is C17H21BrN2O3. The number of rotatable bonds is 7. The molecule has 1 amide bonds. The summed E-state index contributed by atoms with van der Waals surface area (Å²) in [5.74, 6) is -1.32. The van der Waals surface area contributed by atoms with Gasteiger partial charge in [-0.05, 0) is 30.2 Å². The first-order valence-electron chi connectivity index (χ1n) is 7.69. The first-order chi connectivity index (χ1) is 10.9. The van der Waals surface area contributed by atoms with Crippen LogP contribution >= 0.6 is 15.9 Å². The Morgan fingerprint density at radius 1 is 1.35 bits per heavy atom. The number of aromatic nitrogens is 1. The van der Waals surface area contributed by atoms with E-state index in [-0.39, 0.29) is 18.2 Å². The molecule has 23 heavy (non-hydrogen) atoms. The number of carbonyl (C=O) groups is 2. The molecule has 0 radical (unpaired) electrons. The van der Waals surface area contributed by atoms with Crippen LogP contribution in [0.3, 0.4) is 0 Å². The third kappa shape index (κ3) is 4.34. The first kappa shape index (κ1) is 17.5. The largest absolute Gasteiger partial charge is 0.480 e. The molecule has 0 bridgehead atoms. The number of carboxylic acid groups (broad SMARTS) is 1. The molecule has 2 atom stereocenters. The van der Waals surface area contributed by atoms with Crippen LogP contribution < -0.4 is 5.32 Å². The number of nitrogens with one attached hydrogen (secondary N) is 1. The number of amides is 1. The smallest absolute Gasteiger partial charge is 0.326 e. The molecular weight excluding hydrogens is 360 g/mol. The molecule has 6 heteroatoms. The molecule has 1 aromatic heterocycles. The highest BCUT2D eigenvalue weighted by Crippen LogP contribution is 2.21. The lowest BCUT2D eigenvalue weighted by Crippen LogP contribution is -2.45. The normalized spacial score (nSPS) is 13.7. The van der Waals surface area contributed by atoms with Crippen LogP contribution in [0.5, 0.6) is 0 Å². The second kappa shape index (κ2) is 7.64. The van der Waals surface area contributed by atoms with Crippen molar-refractivity contribution in [3.8, 4) is 0 Å². The Labute approximate surface area is 143 Å². The molecule has 0 spiro atoms. The van der Waals surface area contributed by atoms with Crippen LogP contribution in [0.25, 0.3) is 10.9 Å². The predicted molar refractivity (Wildman–Crippen MR) is 93.3 cm³/mol. The summed E-state index contributed by atoms with van der Waals surface area (Å²) in [5, 5.41) is 12.9. The molecule has 0 aliphatic carbocycles. The fraction of sp³-hybridized carbons (Fsp3) is 0.412. The van der Waals surface area contributed by atoms with Crippen molar-refractivity contribution < 1.29 is 14.7 Å². The maximum absolute atomic E-state index is 12.1. The zero-order valence-electron chi connectivity index (χ0n) is 13.3. The average molecular weight is 381 g/mol. The van der Waals surface area contributed by atoms with Crippen molar-refractivity contribution in [3.63, 3.8) is 0 Å². The van der Waals surface area contributed by atoms with Crippen molar-refractivity contribution in [2.45, 2.75) is 39.3 Å². The van der Waals surface area contributed by atoms with Crippen molar-refractivity contribution >= 4 is 38.7 Å². The van der Waals surface area contributed by atoms with Crippen LogP contribution in [-0.2, 0) is 16.1 Å². The number of hydrogen-bond acceptors (Lipinski definition) is 2. The highest BCUT2D eigenvalue weighted by Gasteiger charge is 2.25. The van der Waals surface area contributed by atoms with Crippen LogP contribution in [0.15, 0.2) is 34.9 Å². The number of aryl methyl sites for hydroxylation is 1. The standard InChI is InChI=1S/C17H21BrN2O3/c1-3-11(2)16(17(22)23)19-15(21)7-9-20-8-6-12-10-13(18)4-5-14(12)20/h4-6,8,10-11,16H,3,7,9H2,1-2H3,(H,19,21)(H,22,23)/t11-,16+/m0/s1. The SMILES string of the molecule is CC[C@H](C)[C@@H](NC(=O)CCn1ccc2cc(Br)ccc21)C(=O)O. The molecule has 2 rings (SSSR count). The van der Waals surface area contributed by atoms with Gasteiger partial charge < -0.3 is 15.0 Å². The monoisotopic (exact) mass is 380 g/mol. The van der Waals surface area contributed by atoms with E-state index in [0.29, 0.717) is 13.0 Å². The quantitative estimate of drug-likeness (QED) is 0.772. The third-order valence-corrected chi connectivity index (χ3v) is 4.60. The second-order valence-electron chi connectivity index (χ2n) is 5.73. The molecule has 0 saturated carbocycles. The fourth-order valence-electron chi connectivity index (χ4n) is 2.52. The van der Waals surface area contributed by atoms with E-state index in [2.05, 4.69) is 21.2 Å². The average Bonchev–Trinajstić information content (AvgIpc) is 2.91. The lowest BCUT2D eigenvalue weighted by atomic mass is 9.99. The highest BCUT2D eigenvalue weighted by molar-refractivity contribution is 9.10. The molecule has 0 aliphatic heterocycles. The van der Waals surface area contributed by atoms with E-state index >= 15 is 0 Å². The fourth-order valence-corrected chi connectivity index (χ4v) is 2.90. The lowest BCUT2D eigenvalue weighted by molar-refractivity contribution is -0.143. The molecule has 5 nitrogen and oxygen atoms in total. The number of fused-ring (bicyclic) bond motifs is 1. The molecule has 0 saturated heterocycles. The molecule has 0 fully saturated rings. The van der Waals surface area contributed by atoms with Gasteiger partial charge in [-0.1, -0.05) is 36.2 Å². The second-order valence-corrected chi connectivity index (χ2v) is 6.65. The number of carboxylic acids is 1. The Balaban J connectivity index is 1.99. The van der Waals surface area contributed by atoms with Crippen molar-refractivity contribution in [1.29, 1.82) is 0 Å². The minimum Gasteiger partial charge on any atom is -0.480 e. The summed E-state index contributed by atoms with van der Waals surface area (Å²) >= 11 is 3.44. The van der Waals surface area contributed by atoms with Crippen LogP contribution in [0, 0.1) is 5.92 Å². The minimum absolute atomic E-state index is 0.0961. The summed E-state index contributed by atoms with van der Waals surface area (Å²) in [7, 11) is 0. The number of halogens is 1. The van der Waals surface area contributed by atoms with E-state index in [0.717, 1.165) is 15.4 Å². The number of aliphatic carboxylic acids is 1. The zero-order chi connectivity index (χ0) is 17.0. The topological polar surface area (TPSA) is 71.3 Å². The third-order valence-electron chi connectivity index (χ3n) is 4.11. The van der Waals surface area contributed by atoms with Gasteiger partial charge in [0.15, 0.2) is 0 Å². The molecule has 0 unspecified atom stereocenters. The Morgan fingerprint density at radius 3 is 2.74 bits per heavy atom. The van der Waals surface area contributed by atoms with Crippen molar-refractivity contribution in [2.24, 2.45) is 5.92 Å². The summed E-state index contributed by atoms with van der Waals surface area (Å²) < 4.78 is 3.01. The van der Waals surface area contributed by atoms with Gasteiger partial charge in [-0.2, -0.15) is 0 Å². The van der Waals surface area contributed by atoms with Crippen LogP contribution in [0.1, 0.15) is 26.7 Å². The van der Waals surface area contributed by atoms with Gasteiger partial charge in [-0.25, -0.2) is 4.79 Å². The molecule has 2 aromatic rings. The number of nitrogens with zero attached hydrogens (tertiary/aromatic N) is 1. The van der Waals surface area contributed by atoms with Crippen LogP contribution in [-0.4, -0.2) is 27.6 Å². The van der Waals surface area contributed by atoms with E-state index in [1.165, 1.54) is 0 Å².